The molecule has 0 bridgehead atoms. The van der Waals surface area contributed by atoms with Crippen LogP contribution in [0.25, 0.3) is 0 Å². The maximum atomic E-state index is 12.1. The number of carbonyl (C=O) groups excluding carboxylic acids is 1. The van der Waals surface area contributed by atoms with Gasteiger partial charge in [0.1, 0.15) is 0 Å². The van der Waals surface area contributed by atoms with Crippen LogP contribution in [0.3, 0.4) is 0 Å². The highest BCUT2D eigenvalue weighted by molar-refractivity contribution is 5.74. The van der Waals surface area contributed by atoms with Gasteiger partial charge in [-0.3, -0.25) is 4.79 Å². The zero-order chi connectivity index (χ0) is 15.7. The smallest absolute Gasteiger partial charge is 0.317 e. The van der Waals surface area contributed by atoms with Crippen molar-refractivity contribution in [2.45, 2.75) is 59.9 Å². The minimum Gasteiger partial charge on any atom is -0.481 e. The van der Waals surface area contributed by atoms with E-state index in [0.29, 0.717) is 19.0 Å². The van der Waals surface area contributed by atoms with E-state index in [-0.39, 0.29) is 24.4 Å². The van der Waals surface area contributed by atoms with Crippen LogP contribution in [0, 0.1) is 11.8 Å². The molecule has 0 rings (SSSR count). The van der Waals surface area contributed by atoms with Crippen molar-refractivity contribution in [3.8, 4) is 0 Å². The van der Waals surface area contributed by atoms with Gasteiger partial charge in [-0.05, 0) is 38.5 Å². The van der Waals surface area contributed by atoms with Gasteiger partial charge in [-0.2, -0.15) is 0 Å². The molecule has 0 aliphatic rings. The Morgan fingerprint density at radius 1 is 1.20 bits per heavy atom. The van der Waals surface area contributed by atoms with Gasteiger partial charge in [-0.1, -0.05) is 20.8 Å². The fourth-order valence-electron chi connectivity index (χ4n) is 2.36. The van der Waals surface area contributed by atoms with Crippen LogP contribution in [0.4, 0.5) is 4.79 Å². The maximum Gasteiger partial charge on any atom is 0.317 e. The zero-order valence-corrected chi connectivity index (χ0v) is 13.5. The lowest BCUT2D eigenvalue weighted by Crippen LogP contribution is -2.46. The summed E-state index contributed by atoms with van der Waals surface area (Å²) in [7, 11) is 0. The van der Waals surface area contributed by atoms with E-state index in [0.717, 1.165) is 12.8 Å². The summed E-state index contributed by atoms with van der Waals surface area (Å²) in [5.41, 5.74) is 0. The summed E-state index contributed by atoms with van der Waals surface area (Å²) >= 11 is 0. The molecule has 2 atom stereocenters. The summed E-state index contributed by atoms with van der Waals surface area (Å²) < 4.78 is 0. The first kappa shape index (κ1) is 18.7. The number of carbonyl (C=O) groups is 2. The van der Waals surface area contributed by atoms with Crippen LogP contribution in [0.1, 0.15) is 53.9 Å². The molecule has 0 aromatic carbocycles. The van der Waals surface area contributed by atoms with Gasteiger partial charge in [0.25, 0.3) is 0 Å². The number of amides is 2. The second-order valence-electron chi connectivity index (χ2n) is 5.82. The molecule has 0 aromatic heterocycles. The molecule has 20 heavy (non-hydrogen) atoms. The molecule has 5 nitrogen and oxygen atoms in total. The van der Waals surface area contributed by atoms with Crippen molar-refractivity contribution in [3.63, 3.8) is 0 Å². The number of hydrogen-bond acceptors (Lipinski definition) is 2. The third-order valence-corrected chi connectivity index (χ3v) is 3.53. The molecule has 0 aromatic rings. The van der Waals surface area contributed by atoms with Crippen molar-refractivity contribution < 1.29 is 14.7 Å². The highest BCUT2D eigenvalue weighted by atomic mass is 16.4. The molecule has 0 aliphatic carbocycles. The van der Waals surface area contributed by atoms with Gasteiger partial charge < -0.3 is 15.3 Å². The average Bonchev–Trinajstić information content (AvgIpc) is 2.35. The van der Waals surface area contributed by atoms with Crippen LogP contribution in [0.2, 0.25) is 0 Å². The van der Waals surface area contributed by atoms with Gasteiger partial charge in [0, 0.05) is 25.6 Å². The predicted octanol–water partition coefficient (Wildman–Crippen LogP) is 2.95. The normalized spacial score (nSPS) is 13.9. The van der Waals surface area contributed by atoms with E-state index in [1.54, 1.807) is 4.90 Å². The van der Waals surface area contributed by atoms with Gasteiger partial charge in [0.05, 0.1) is 0 Å². The fraction of sp³-hybridized carbons (Fsp3) is 0.867. The van der Waals surface area contributed by atoms with Crippen molar-refractivity contribution >= 4 is 12.0 Å². The Morgan fingerprint density at radius 3 is 2.20 bits per heavy atom. The molecule has 1 unspecified atom stereocenters. The molecule has 0 fully saturated rings. The lowest BCUT2D eigenvalue weighted by Gasteiger charge is -2.28. The Balaban J connectivity index is 4.44. The van der Waals surface area contributed by atoms with Crippen LogP contribution < -0.4 is 5.32 Å². The van der Waals surface area contributed by atoms with Crippen molar-refractivity contribution in [2.24, 2.45) is 11.8 Å². The highest BCUT2D eigenvalue weighted by Gasteiger charge is 2.20. The summed E-state index contributed by atoms with van der Waals surface area (Å²) in [6.07, 6.45) is 1.82. The lowest BCUT2D eigenvalue weighted by molar-refractivity contribution is -0.138. The second-order valence-corrected chi connectivity index (χ2v) is 5.82. The summed E-state index contributed by atoms with van der Waals surface area (Å²) in [5.74, 6) is -0.389. The Morgan fingerprint density at radius 2 is 1.80 bits per heavy atom. The molecule has 0 radical (unpaired) electrons. The van der Waals surface area contributed by atoms with Gasteiger partial charge >= 0.3 is 12.0 Å². The summed E-state index contributed by atoms with van der Waals surface area (Å²) in [4.78, 5) is 24.8. The molecular formula is C15H30N2O3. The lowest BCUT2D eigenvalue weighted by atomic mass is 9.94. The summed E-state index contributed by atoms with van der Waals surface area (Å²) in [5, 5.41) is 11.8. The Kier molecular flexibility index (Phi) is 9.01. The maximum absolute atomic E-state index is 12.1. The third-order valence-electron chi connectivity index (χ3n) is 3.53. The van der Waals surface area contributed by atoms with Crippen molar-refractivity contribution in [1.29, 1.82) is 0 Å². The SMILES string of the molecule is CCC(C)N(CC)C(=O)NC[C@H](CC(=O)O)CC(C)C. The van der Waals surface area contributed by atoms with Gasteiger partial charge in [-0.25, -0.2) is 4.79 Å². The van der Waals surface area contributed by atoms with E-state index < -0.39 is 5.97 Å². The minimum absolute atomic E-state index is 0.00733. The number of nitrogens with zero attached hydrogens (tertiary/aromatic N) is 1. The molecular weight excluding hydrogens is 256 g/mol. The van der Waals surface area contributed by atoms with E-state index in [1.807, 2.05) is 20.8 Å². The first-order chi connectivity index (χ1) is 9.31. The van der Waals surface area contributed by atoms with E-state index >= 15 is 0 Å². The molecule has 0 aliphatic heterocycles. The first-order valence-corrected chi connectivity index (χ1v) is 7.57. The van der Waals surface area contributed by atoms with Crippen LogP contribution in [0.5, 0.6) is 0 Å². The molecule has 2 N–H and O–H groups in total. The average molecular weight is 286 g/mol. The molecule has 0 spiro atoms. The Labute approximate surface area is 122 Å². The third kappa shape index (κ3) is 7.36. The van der Waals surface area contributed by atoms with Crippen LogP contribution in [-0.2, 0) is 4.79 Å². The molecule has 118 valence electrons. The largest absolute Gasteiger partial charge is 0.481 e. The standard InChI is InChI=1S/C15H30N2O3/c1-6-12(5)17(7-2)15(20)16-10-13(8-11(3)4)9-14(18)19/h11-13H,6-10H2,1-5H3,(H,16,20)(H,18,19)/t12?,13-/m0/s1. The molecule has 5 heteroatoms. The molecule has 0 saturated heterocycles. The Hall–Kier alpha value is -1.26. The predicted molar refractivity (Wildman–Crippen MR) is 80.7 cm³/mol. The Bertz CT molecular complexity index is 305. The number of urea groups is 1. The first-order valence-electron chi connectivity index (χ1n) is 7.57. The zero-order valence-electron chi connectivity index (χ0n) is 13.5. The number of nitrogens with one attached hydrogen (secondary N) is 1. The van der Waals surface area contributed by atoms with Gasteiger partial charge in [-0.15, -0.1) is 0 Å². The van der Waals surface area contributed by atoms with Crippen molar-refractivity contribution in [2.75, 3.05) is 13.1 Å². The number of rotatable bonds is 9. The molecule has 2 amide bonds. The van der Waals surface area contributed by atoms with Crippen molar-refractivity contribution in [3.05, 3.63) is 0 Å². The van der Waals surface area contributed by atoms with Gasteiger partial charge in [0.15, 0.2) is 0 Å². The van der Waals surface area contributed by atoms with Crippen LogP contribution >= 0.6 is 0 Å². The second kappa shape index (κ2) is 9.61. The van der Waals surface area contributed by atoms with Gasteiger partial charge in [0.2, 0.25) is 0 Å². The summed E-state index contributed by atoms with van der Waals surface area (Å²) in [6.45, 7) is 11.2. The number of aliphatic carboxylic acids is 1. The minimum atomic E-state index is -0.806. The van der Waals surface area contributed by atoms with Crippen molar-refractivity contribution in [1.82, 2.24) is 10.2 Å². The highest BCUT2D eigenvalue weighted by Crippen LogP contribution is 2.15. The molecule has 0 heterocycles. The fourth-order valence-corrected chi connectivity index (χ4v) is 2.36. The quantitative estimate of drug-likeness (QED) is 0.684. The van der Waals surface area contributed by atoms with E-state index in [1.165, 1.54) is 0 Å². The topological polar surface area (TPSA) is 69.6 Å². The van der Waals surface area contributed by atoms with E-state index in [4.69, 9.17) is 5.11 Å². The number of carboxylic acids is 1. The van der Waals surface area contributed by atoms with Crippen LogP contribution in [-0.4, -0.2) is 41.1 Å². The number of hydrogen-bond donors (Lipinski definition) is 2. The number of carboxylic acid groups (broad SMARTS) is 1. The van der Waals surface area contributed by atoms with E-state index in [2.05, 4.69) is 19.2 Å². The van der Waals surface area contributed by atoms with Crippen LogP contribution in [0.15, 0.2) is 0 Å². The summed E-state index contributed by atoms with van der Waals surface area (Å²) in [6, 6.07) is 0.101. The monoisotopic (exact) mass is 286 g/mol. The molecule has 0 saturated carbocycles. The van der Waals surface area contributed by atoms with E-state index in [9.17, 15) is 9.59 Å².